The fourth-order valence-electron chi connectivity index (χ4n) is 1.19. The van der Waals surface area contributed by atoms with E-state index in [2.05, 4.69) is 27.8 Å². The van der Waals surface area contributed by atoms with Crippen LogP contribution in [0.25, 0.3) is 6.08 Å². The van der Waals surface area contributed by atoms with Gasteiger partial charge in [0.15, 0.2) is 0 Å². The van der Waals surface area contributed by atoms with E-state index in [1.165, 1.54) is 0 Å². The first-order valence-corrected chi connectivity index (χ1v) is 6.03. The Bertz CT molecular complexity index is 436. The number of amides is 1. The van der Waals surface area contributed by atoms with Crippen molar-refractivity contribution in [1.82, 2.24) is 0 Å². The maximum Gasteiger partial charge on any atom is 0.412 e. The van der Waals surface area contributed by atoms with Gasteiger partial charge in [-0.2, -0.15) is 0 Å². The van der Waals surface area contributed by atoms with Gasteiger partial charge in [-0.1, -0.05) is 34.7 Å². The van der Waals surface area contributed by atoms with E-state index in [0.717, 1.165) is 10.0 Å². The van der Waals surface area contributed by atoms with E-state index in [-0.39, 0.29) is 0 Å². The fourth-order valence-corrected chi connectivity index (χ4v) is 1.73. The quantitative estimate of drug-likeness (QED) is 0.876. The molecule has 1 amide bonds. The van der Waals surface area contributed by atoms with Gasteiger partial charge in [-0.05, 0) is 38.5 Å². The van der Waals surface area contributed by atoms with Crippen molar-refractivity contribution in [1.29, 1.82) is 0 Å². The van der Waals surface area contributed by atoms with Crippen molar-refractivity contribution in [2.75, 3.05) is 5.32 Å². The van der Waals surface area contributed by atoms with Gasteiger partial charge in [-0.15, -0.1) is 0 Å². The van der Waals surface area contributed by atoms with Gasteiger partial charge < -0.3 is 4.74 Å². The lowest BCUT2D eigenvalue weighted by atomic mass is 10.2. The topological polar surface area (TPSA) is 38.3 Å². The van der Waals surface area contributed by atoms with Gasteiger partial charge in [-0.25, -0.2) is 4.79 Å². The van der Waals surface area contributed by atoms with Crippen LogP contribution in [0, 0.1) is 0 Å². The smallest absolute Gasteiger partial charge is 0.412 e. The summed E-state index contributed by atoms with van der Waals surface area (Å²) in [6.07, 6.45) is 1.28. The van der Waals surface area contributed by atoms with Crippen LogP contribution in [-0.4, -0.2) is 11.7 Å². The zero-order valence-electron chi connectivity index (χ0n) is 10.2. The van der Waals surface area contributed by atoms with Crippen LogP contribution < -0.4 is 5.32 Å². The van der Waals surface area contributed by atoms with Gasteiger partial charge in [0.1, 0.15) is 5.60 Å². The molecule has 0 atom stereocenters. The lowest BCUT2D eigenvalue weighted by Gasteiger charge is -2.19. The zero-order chi connectivity index (χ0) is 13.1. The van der Waals surface area contributed by atoms with Crippen molar-refractivity contribution in [2.45, 2.75) is 26.4 Å². The third-order valence-corrected chi connectivity index (χ3v) is 2.55. The largest absolute Gasteiger partial charge is 0.444 e. The molecule has 4 heteroatoms. The van der Waals surface area contributed by atoms with Crippen LogP contribution in [0.5, 0.6) is 0 Å². The average Bonchev–Trinajstić information content (AvgIpc) is 2.14. The summed E-state index contributed by atoms with van der Waals surface area (Å²) in [4.78, 5) is 11.5. The molecule has 1 aromatic rings. The Kier molecular flexibility index (Phi) is 4.34. The Morgan fingerprint density at radius 3 is 2.59 bits per heavy atom. The Balaban J connectivity index is 2.73. The number of rotatable bonds is 2. The lowest BCUT2D eigenvalue weighted by Crippen LogP contribution is -2.27. The second-order valence-corrected chi connectivity index (χ2v) is 5.42. The molecule has 0 aromatic heterocycles. The summed E-state index contributed by atoms with van der Waals surface area (Å²) in [7, 11) is 0. The molecule has 0 saturated carbocycles. The summed E-state index contributed by atoms with van der Waals surface area (Å²) in [5.74, 6) is 0. The van der Waals surface area contributed by atoms with E-state index >= 15 is 0 Å². The minimum atomic E-state index is -0.498. The summed E-state index contributed by atoms with van der Waals surface area (Å²) in [6.45, 7) is 9.16. The molecule has 0 unspecified atom stereocenters. The lowest BCUT2D eigenvalue weighted by molar-refractivity contribution is 0.0636. The predicted octanol–water partition coefficient (Wildman–Crippen LogP) is 4.44. The van der Waals surface area contributed by atoms with Gasteiger partial charge in [0.2, 0.25) is 0 Å². The highest BCUT2D eigenvalue weighted by Gasteiger charge is 2.16. The zero-order valence-corrected chi connectivity index (χ0v) is 11.8. The molecule has 3 nitrogen and oxygen atoms in total. The van der Waals surface area contributed by atoms with Crippen molar-refractivity contribution < 1.29 is 9.53 Å². The summed E-state index contributed by atoms with van der Waals surface area (Å²) < 4.78 is 6.03. The van der Waals surface area contributed by atoms with Crippen LogP contribution in [0.1, 0.15) is 26.3 Å². The summed E-state index contributed by atoms with van der Waals surface area (Å²) in [6, 6.07) is 5.47. The Labute approximate surface area is 110 Å². The van der Waals surface area contributed by atoms with Gasteiger partial charge in [-0.3, -0.25) is 5.32 Å². The van der Waals surface area contributed by atoms with Gasteiger partial charge in [0.05, 0.1) is 0 Å². The molecule has 92 valence electrons. The Morgan fingerprint density at radius 1 is 1.47 bits per heavy atom. The molecule has 1 N–H and O–H groups in total. The van der Waals surface area contributed by atoms with E-state index in [1.807, 2.05) is 26.8 Å². The number of carbonyl (C=O) groups excluding carboxylic acids is 1. The predicted molar refractivity (Wildman–Crippen MR) is 74.1 cm³/mol. The SMILES string of the molecule is C=Cc1ccc(NC(=O)OC(C)(C)C)cc1Br. The molecule has 1 aromatic carbocycles. The third kappa shape index (κ3) is 4.61. The standard InChI is InChI=1S/C13H16BrNO2/c1-5-9-6-7-10(8-11(9)14)15-12(16)17-13(2,3)4/h5-8H,1H2,2-4H3,(H,15,16). The monoisotopic (exact) mass is 297 g/mol. The number of halogens is 1. The number of benzene rings is 1. The normalized spacial score (nSPS) is 10.8. The second-order valence-electron chi connectivity index (χ2n) is 4.57. The van der Waals surface area contributed by atoms with E-state index in [9.17, 15) is 4.79 Å². The number of ether oxygens (including phenoxy) is 1. The van der Waals surface area contributed by atoms with Crippen molar-refractivity contribution in [3.63, 3.8) is 0 Å². The Hall–Kier alpha value is -1.29. The van der Waals surface area contributed by atoms with Crippen LogP contribution in [-0.2, 0) is 4.74 Å². The Morgan fingerprint density at radius 2 is 2.12 bits per heavy atom. The number of carbonyl (C=O) groups is 1. The van der Waals surface area contributed by atoms with E-state index in [0.29, 0.717) is 5.69 Å². The molecule has 17 heavy (non-hydrogen) atoms. The van der Waals surface area contributed by atoms with Crippen molar-refractivity contribution in [3.05, 3.63) is 34.8 Å². The third-order valence-electron chi connectivity index (χ3n) is 1.87. The van der Waals surface area contributed by atoms with Crippen molar-refractivity contribution in [2.24, 2.45) is 0 Å². The molecule has 0 bridgehead atoms. The number of hydrogen-bond acceptors (Lipinski definition) is 2. The summed E-state index contributed by atoms with van der Waals surface area (Å²) in [5.41, 5.74) is 1.15. The molecule has 1 rings (SSSR count). The van der Waals surface area contributed by atoms with Crippen molar-refractivity contribution in [3.8, 4) is 0 Å². The van der Waals surface area contributed by atoms with Crippen molar-refractivity contribution >= 4 is 33.8 Å². The van der Waals surface area contributed by atoms with E-state index in [4.69, 9.17) is 4.74 Å². The average molecular weight is 298 g/mol. The first-order chi connectivity index (χ1) is 7.81. The molecule has 0 aliphatic heterocycles. The molecular weight excluding hydrogens is 282 g/mol. The number of anilines is 1. The molecule has 0 aliphatic rings. The highest BCUT2D eigenvalue weighted by Crippen LogP contribution is 2.22. The highest BCUT2D eigenvalue weighted by atomic mass is 79.9. The minimum Gasteiger partial charge on any atom is -0.444 e. The molecule has 0 radical (unpaired) electrons. The van der Waals surface area contributed by atoms with Crippen LogP contribution in [0.4, 0.5) is 10.5 Å². The van der Waals surface area contributed by atoms with Crippen LogP contribution in [0.3, 0.4) is 0 Å². The molecule has 0 spiro atoms. The molecule has 0 fully saturated rings. The molecular formula is C13H16BrNO2. The first-order valence-electron chi connectivity index (χ1n) is 5.24. The van der Waals surface area contributed by atoms with E-state index < -0.39 is 11.7 Å². The highest BCUT2D eigenvalue weighted by molar-refractivity contribution is 9.10. The molecule has 0 saturated heterocycles. The van der Waals surface area contributed by atoms with Crippen LogP contribution >= 0.6 is 15.9 Å². The van der Waals surface area contributed by atoms with Gasteiger partial charge in [0.25, 0.3) is 0 Å². The fraction of sp³-hybridized carbons (Fsp3) is 0.308. The van der Waals surface area contributed by atoms with Gasteiger partial charge in [0, 0.05) is 10.2 Å². The second kappa shape index (κ2) is 5.36. The maximum atomic E-state index is 11.5. The summed E-state index contributed by atoms with van der Waals surface area (Å²) in [5, 5.41) is 2.67. The first kappa shape index (κ1) is 13.8. The van der Waals surface area contributed by atoms with Crippen LogP contribution in [0.2, 0.25) is 0 Å². The maximum absolute atomic E-state index is 11.5. The van der Waals surface area contributed by atoms with Crippen LogP contribution in [0.15, 0.2) is 29.3 Å². The summed E-state index contributed by atoms with van der Waals surface area (Å²) >= 11 is 3.40. The number of hydrogen-bond donors (Lipinski definition) is 1. The van der Waals surface area contributed by atoms with E-state index in [1.54, 1.807) is 18.2 Å². The molecule has 0 aliphatic carbocycles. The minimum absolute atomic E-state index is 0.462. The van der Waals surface area contributed by atoms with Gasteiger partial charge >= 0.3 is 6.09 Å². The number of nitrogens with one attached hydrogen (secondary N) is 1. The molecule has 0 heterocycles.